The van der Waals surface area contributed by atoms with Crippen LogP contribution in [0.15, 0.2) is 160 Å². The number of hydrogen-bond donors (Lipinski definition) is 0. The zero-order chi connectivity index (χ0) is 33.2. The van der Waals surface area contributed by atoms with Crippen LogP contribution in [-0.2, 0) is 0 Å². The summed E-state index contributed by atoms with van der Waals surface area (Å²) in [7, 11) is 0. The maximum atomic E-state index is 6.79. The molecule has 0 saturated heterocycles. The van der Waals surface area contributed by atoms with Crippen LogP contribution in [0.3, 0.4) is 0 Å². The fourth-order valence-electron chi connectivity index (χ4n) is 8.42. The number of hydrogen-bond acceptors (Lipinski definition) is 4. The lowest BCUT2D eigenvalue weighted by molar-refractivity contribution is 0.669. The smallest absolute Gasteiger partial charge is 0.235 e. The average Bonchev–Trinajstić information content (AvgIpc) is 3.87. The number of furan rings is 2. The van der Waals surface area contributed by atoms with Crippen molar-refractivity contribution in [2.45, 2.75) is 0 Å². The van der Waals surface area contributed by atoms with Crippen molar-refractivity contribution < 1.29 is 8.83 Å². The first kappa shape index (κ1) is 26.9. The van der Waals surface area contributed by atoms with Gasteiger partial charge in [0.15, 0.2) is 0 Å². The Balaban J connectivity index is 1.20. The van der Waals surface area contributed by atoms with E-state index in [9.17, 15) is 0 Å². The van der Waals surface area contributed by atoms with Crippen LogP contribution in [-0.4, -0.2) is 14.5 Å². The highest BCUT2D eigenvalue weighted by atomic mass is 16.3. The Kier molecular flexibility index (Phi) is 5.17. The van der Waals surface area contributed by atoms with Crippen LogP contribution in [0.25, 0.3) is 115 Å². The molecule has 5 heteroatoms. The van der Waals surface area contributed by atoms with E-state index < -0.39 is 0 Å². The maximum absolute atomic E-state index is 6.79. The Morgan fingerprint density at radius 3 is 1.92 bits per heavy atom. The molecule has 0 aliphatic rings. The van der Waals surface area contributed by atoms with Gasteiger partial charge in [0.25, 0.3) is 0 Å². The molecular formula is C46H25N3O2. The van der Waals surface area contributed by atoms with Gasteiger partial charge in [-0.15, -0.1) is 0 Å². The quantitative estimate of drug-likeness (QED) is 0.175. The maximum Gasteiger partial charge on any atom is 0.235 e. The lowest BCUT2D eigenvalue weighted by Gasteiger charge is -2.11. The summed E-state index contributed by atoms with van der Waals surface area (Å²) in [5, 5.41) is 12.4. The van der Waals surface area contributed by atoms with Crippen LogP contribution < -0.4 is 0 Å². The molecule has 5 nitrogen and oxygen atoms in total. The van der Waals surface area contributed by atoms with Gasteiger partial charge in [0, 0.05) is 48.7 Å². The highest BCUT2D eigenvalue weighted by molar-refractivity contribution is 6.36. The SMILES string of the molecule is c1ccc2c(-c3ccc4c(c3)oc3ccccc34)nc(-n3c4ccccc4c4c5c(ccc43)oc3c4ccccc4c4ccccc4c35)nc2c1. The Labute approximate surface area is 289 Å². The molecule has 0 spiro atoms. The van der Waals surface area contributed by atoms with Crippen molar-refractivity contribution in [2.24, 2.45) is 0 Å². The minimum Gasteiger partial charge on any atom is -0.456 e. The Hall–Kier alpha value is -6.98. The summed E-state index contributed by atoms with van der Waals surface area (Å²) in [4.78, 5) is 10.6. The van der Waals surface area contributed by atoms with Gasteiger partial charge in [-0.05, 0) is 58.6 Å². The molecule has 12 rings (SSSR count). The molecule has 0 bridgehead atoms. The molecule has 0 saturated carbocycles. The molecule has 4 heterocycles. The predicted octanol–water partition coefficient (Wildman–Crippen LogP) is 12.5. The summed E-state index contributed by atoms with van der Waals surface area (Å²) >= 11 is 0. The second-order valence-corrected chi connectivity index (χ2v) is 13.3. The van der Waals surface area contributed by atoms with Crippen molar-refractivity contribution in [1.82, 2.24) is 14.5 Å². The van der Waals surface area contributed by atoms with Gasteiger partial charge in [0.2, 0.25) is 5.95 Å². The van der Waals surface area contributed by atoms with Crippen LogP contribution in [0.4, 0.5) is 0 Å². The first-order chi connectivity index (χ1) is 25.3. The van der Waals surface area contributed by atoms with Gasteiger partial charge in [-0.3, -0.25) is 4.57 Å². The Morgan fingerprint density at radius 2 is 1.06 bits per heavy atom. The standard InChI is InChI=1S/C46H25N3O2/c1-3-14-31-27(11-1)28-12-2-4-15-32(28)45-42(31)43-39(51-45)24-23-37-41(43)34-17-6-9-19-36(34)49(37)46-47-35-18-8-5-16-33(35)44(48-46)26-21-22-30-29-13-7-10-20-38(29)50-40(30)25-26/h1-25H. The molecule has 0 amide bonds. The van der Waals surface area contributed by atoms with E-state index in [-0.39, 0.29) is 0 Å². The summed E-state index contributed by atoms with van der Waals surface area (Å²) in [5.41, 5.74) is 8.26. The van der Waals surface area contributed by atoms with Gasteiger partial charge in [0.05, 0.1) is 22.2 Å². The third kappa shape index (κ3) is 3.59. The van der Waals surface area contributed by atoms with E-state index in [2.05, 4.69) is 126 Å². The minimum atomic E-state index is 0.613. The van der Waals surface area contributed by atoms with Gasteiger partial charge < -0.3 is 8.83 Å². The second-order valence-electron chi connectivity index (χ2n) is 13.3. The molecule has 0 unspecified atom stereocenters. The Bertz CT molecular complexity index is 3440. The van der Waals surface area contributed by atoms with Crippen LogP contribution >= 0.6 is 0 Å². The fourth-order valence-corrected chi connectivity index (χ4v) is 8.42. The molecule has 0 radical (unpaired) electrons. The second kappa shape index (κ2) is 9.80. The Morgan fingerprint density at radius 1 is 0.392 bits per heavy atom. The first-order valence-electron chi connectivity index (χ1n) is 17.2. The van der Waals surface area contributed by atoms with Crippen molar-refractivity contribution in [2.75, 3.05) is 0 Å². The zero-order valence-corrected chi connectivity index (χ0v) is 27.1. The van der Waals surface area contributed by atoms with E-state index in [1.54, 1.807) is 0 Å². The zero-order valence-electron chi connectivity index (χ0n) is 27.1. The normalized spacial score (nSPS) is 12.3. The third-order valence-electron chi connectivity index (χ3n) is 10.6. The molecular weight excluding hydrogens is 627 g/mol. The van der Waals surface area contributed by atoms with Gasteiger partial charge in [-0.1, -0.05) is 109 Å². The summed E-state index contributed by atoms with van der Waals surface area (Å²) in [6, 6.07) is 52.8. The van der Waals surface area contributed by atoms with Crippen molar-refractivity contribution in [3.63, 3.8) is 0 Å². The molecule has 0 N–H and O–H groups in total. The minimum absolute atomic E-state index is 0.613. The molecule has 0 aliphatic heterocycles. The number of para-hydroxylation sites is 3. The van der Waals surface area contributed by atoms with E-state index in [0.717, 1.165) is 93.2 Å². The van der Waals surface area contributed by atoms with Crippen molar-refractivity contribution in [3.05, 3.63) is 152 Å². The molecule has 0 aliphatic carbocycles. The highest BCUT2D eigenvalue weighted by Gasteiger charge is 2.23. The van der Waals surface area contributed by atoms with Crippen molar-refractivity contribution in [1.29, 1.82) is 0 Å². The van der Waals surface area contributed by atoms with Gasteiger partial charge in [0.1, 0.15) is 22.3 Å². The van der Waals surface area contributed by atoms with Crippen LogP contribution in [0.5, 0.6) is 0 Å². The summed E-state index contributed by atoms with van der Waals surface area (Å²) in [6.07, 6.45) is 0. The third-order valence-corrected chi connectivity index (χ3v) is 10.6. The van der Waals surface area contributed by atoms with Gasteiger partial charge in [-0.25, -0.2) is 9.97 Å². The number of nitrogens with zero attached hydrogens (tertiary/aromatic N) is 3. The summed E-state index contributed by atoms with van der Waals surface area (Å²) in [6.45, 7) is 0. The van der Waals surface area contributed by atoms with Crippen molar-refractivity contribution >= 4 is 98.1 Å². The number of rotatable bonds is 2. The van der Waals surface area contributed by atoms with Crippen molar-refractivity contribution in [3.8, 4) is 17.2 Å². The molecule has 0 fully saturated rings. The molecule has 8 aromatic carbocycles. The van der Waals surface area contributed by atoms with E-state index in [1.165, 1.54) is 16.2 Å². The summed E-state index contributed by atoms with van der Waals surface area (Å²) in [5.74, 6) is 0.613. The summed E-state index contributed by atoms with van der Waals surface area (Å²) < 4.78 is 15.3. The molecule has 12 aromatic rings. The number of fused-ring (bicyclic) bond motifs is 16. The number of benzene rings is 8. The van der Waals surface area contributed by atoms with Crippen LogP contribution in [0.2, 0.25) is 0 Å². The highest BCUT2D eigenvalue weighted by Crippen LogP contribution is 2.46. The lowest BCUT2D eigenvalue weighted by atomic mass is 9.95. The fraction of sp³-hybridized carbons (Fsp3) is 0. The van der Waals surface area contributed by atoms with E-state index in [1.807, 2.05) is 30.3 Å². The molecule has 0 atom stereocenters. The first-order valence-corrected chi connectivity index (χ1v) is 17.2. The van der Waals surface area contributed by atoms with Gasteiger partial charge in [-0.2, -0.15) is 0 Å². The van der Waals surface area contributed by atoms with E-state index >= 15 is 0 Å². The average molecular weight is 652 g/mol. The monoisotopic (exact) mass is 651 g/mol. The molecule has 4 aromatic heterocycles. The van der Waals surface area contributed by atoms with Crippen LogP contribution in [0, 0.1) is 0 Å². The topological polar surface area (TPSA) is 57.0 Å². The van der Waals surface area contributed by atoms with Gasteiger partial charge >= 0.3 is 0 Å². The molecule has 51 heavy (non-hydrogen) atoms. The molecule has 236 valence electrons. The largest absolute Gasteiger partial charge is 0.456 e. The van der Waals surface area contributed by atoms with Crippen LogP contribution in [0.1, 0.15) is 0 Å². The number of aromatic nitrogens is 3. The lowest BCUT2D eigenvalue weighted by Crippen LogP contribution is -2.03. The van der Waals surface area contributed by atoms with E-state index in [4.69, 9.17) is 18.8 Å². The predicted molar refractivity (Wildman–Crippen MR) is 209 cm³/mol. The van der Waals surface area contributed by atoms with E-state index in [0.29, 0.717) is 5.95 Å².